The molecule has 0 radical (unpaired) electrons. The molecule has 0 saturated carbocycles. The van der Waals surface area contributed by atoms with Gasteiger partial charge in [0.1, 0.15) is 17.7 Å². The topological polar surface area (TPSA) is 57.3 Å². The van der Waals surface area contributed by atoms with E-state index in [0.29, 0.717) is 42.5 Å². The molecule has 0 aromatic heterocycles. The number of halogens is 1. The van der Waals surface area contributed by atoms with Crippen molar-refractivity contribution in [3.05, 3.63) is 48.3 Å². The van der Waals surface area contributed by atoms with E-state index in [2.05, 4.69) is 16.3 Å². The predicted molar refractivity (Wildman–Crippen MR) is 128 cm³/mol. The molecule has 7 nitrogen and oxygen atoms in total. The first kappa shape index (κ1) is 22.1. The number of thiocarbonyl (C=S) groups is 1. The molecular weight excluding hydrogens is 431 g/mol. The maximum absolute atomic E-state index is 15.0. The molecule has 0 bridgehead atoms. The van der Waals surface area contributed by atoms with Crippen LogP contribution in [0.15, 0.2) is 42.5 Å². The summed E-state index contributed by atoms with van der Waals surface area (Å²) in [7, 11) is 1.66. The summed E-state index contributed by atoms with van der Waals surface area (Å²) < 4.78 is 25.7. The molecule has 2 fully saturated rings. The highest BCUT2D eigenvalue weighted by Crippen LogP contribution is 2.29. The van der Waals surface area contributed by atoms with Gasteiger partial charge in [-0.3, -0.25) is 4.90 Å². The molecule has 2 aromatic rings. The molecule has 2 aliphatic rings. The van der Waals surface area contributed by atoms with Crippen LogP contribution in [0.3, 0.4) is 0 Å². The molecule has 4 rings (SSSR count). The van der Waals surface area contributed by atoms with Crippen molar-refractivity contribution < 1.29 is 18.7 Å². The number of ether oxygens (including phenoxy) is 2. The van der Waals surface area contributed by atoms with Gasteiger partial charge in [-0.15, -0.1) is 0 Å². The van der Waals surface area contributed by atoms with Crippen molar-refractivity contribution in [1.29, 1.82) is 0 Å². The minimum absolute atomic E-state index is 0.326. The fourth-order valence-electron chi connectivity index (χ4n) is 4.03. The first-order valence-corrected chi connectivity index (χ1v) is 11.0. The molecule has 0 aliphatic carbocycles. The Labute approximate surface area is 192 Å². The highest BCUT2D eigenvalue weighted by atomic mass is 32.1. The third kappa shape index (κ3) is 4.88. The lowest BCUT2D eigenvalue weighted by Gasteiger charge is -2.37. The van der Waals surface area contributed by atoms with Crippen LogP contribution >= 0.6 is 12.2 Å². The van der Waals surface area contributed by atoms with Crippen molar-refractivity contribution >= 4 is 40.4 Å². The van der Waals surface area contributed by atoms with E-state index in [1.807, 2.05) is 23.1 Å². The lowest BCUT2D eigenvalue weighted by atomic mass is 10.2. The Bertz CT molecular complexity index is 997. The first-order chi connectivity index (χ1) is 15.4. The van der Waals surface area contributed by atoms with Gasteiger partial charge in [0, 0.05) is 37.9 Å². The zero-order valence-electron chi connectivity index (χ0n) is 18.2. The van der Waals surface area contributed by atoms with Crippen LogP contribution in [0.4, 0.5) is 26.2 Å². The van der Waals surface area contributed by atoms with Gasteiger partial charge in [0.05, 0.1) is 36.6 Å². The molecule has 1 atom stereocenters. The Morgan fingerprint density at radius 1 is 1.16 bits per heavy atom. The SMILES string of the molecule is COc1cccc(N2CCN(c3ccc(N4C[C@H](CNC(C)=S)OC4=O)cc3F)CC2)c1. The normalized spacial score (nSPS) is 18.5. The van der Waals surface area contributed by atoms with Crippen LogP contribution in [0.2, 0.25) is 0 Å². The monoisotopic (exact) mass is 458 g/mol. The molecule has 32 heavy (non-hydrogen) atoms. The predicted octanol–water partition coefficient (Wildman–Crippen LogP) is 3.42. The minimum Gasteiger partial charge on any atom is -0.497 e. The van der Waals surface area contributed by atoms with Crippen LogP contribution < -0.4 is 24.8 Å². The van der Waals surface area contributed by atoms with E-state index in [9.17, 15) is 4.79 Å². The third-order valence-corrected chi connectivity index (χ3v) is 5.88. The number of carbonyl (C=O) groups is 1. The number of amides is 1. The second kappa shape index (κ2) is 9.60. The lowest BCUT2D eigenvalue weighted by Crippen LogP contribution is -2.46. The molecule has 2 aliphatic heterocycles. The molecule has 2 heterocycles. The first-order valence-electron chi connectivity index (χ1n) is 10.6. The number of piperazine rings is 1. The standard InChI is InChI=1S/C23H27FN4O3S/c1-16(32)25-14-20-15-28(23(29)31-20)18-6-7-22(21(24)13-18)27-10-8-26(9-11-27)17-4-3-5-19(12-17)30-2/h3-7,12-13,20H,8-11,14-15H2,1-2H3,(H,25,32)/t20-/m0/s1. The fraction of sp³-hybridized carbons (Fsp3) is 0.391. The Kier molecular flexibility index (Phi) is 6.64. The van der Waals surface area contributed by atoms with Crippen LogP contribution in [-0.2, 0) is 4.74 Å². The molecule has 2 aromatic carbocycles. The number of anilines is 3. The number of methoxy groups -OCH3 is 1. The summed E-state index contributed by atoms with van der Waals surface area (Å²) >= 11 is 4.99. The van der Waals surface area contributed by atoms with E-state index >= 15 is 4.39 Å². The molecule has 1 amide bonds. The van der Waals surface area contributed by atoms with Crippen LogP contribution in [-0.4, -0.2) is 63.6 Å². The van der Waals surface area contributed by atoms with Crippen molar-refractivity contribution in [2.45, 2.75) is 13.0 Å². The number of carbonyl (C=O) groups excluding carboxylic acids is 1. The van der Waals surface area contributed by atoms with Crippen molar-refractivity contribution in [3.8, 4) is 5.75 Å². The second-order valence-electron chi connectivity index (χ2n) is 7.86. The quantitative estimate of drug-likeness (QED) is 0.666. The number of nitrogens with zero attached hydrogens (tertiary/aromatic N) is 3. The number of cyclic esters (lactones) is 1. The summed E-state index contributed by atoms with van der Waals surface area (Å²) in [5.41, 5.74) is 2.13. The van der Waals surface area contributed by atoms with Crippen molar-refractivity contribution in [3.63, 3.8) is 0 Å². The van der Waals surface area contributed by atoms with Crippen molar-refractivity contribution in [1.82, 2.24) is 5.32 Å². The summed E-state index contributed by atoms with van der Waals surface area (Å²) in [6.45, 7) is 5.52. The molecule has 0 spiro atoms. The molecule has 1 N–H and O–H groups in total. The highest BCUT2D eigenvalue weighted by Gasteiger charge is 2.33. The van der Waals surface area contributed by atoms with Gasteiger partial charge in [0.2, 0.25) is 0 Å². The van der Waals surface area contributed by atoms with E-state index in [4.69, 9.17) is 21.7 Å². The fourth-order valence-corrected chi connectivity index (χ4v) is 4.11. The highest BCUT2D eigenvalue weighted by molar-refractivity contribution is 7.80. The maximum atomic E-state index is 15.0. The van der Waals surface area contributed by atoms with Gasteiger partial charge in [-0.25, -0.2) is 9.18 Å². The maximum Gasteiger partial charge on any atom is 0.414 e. The molecule has 2 saturated heterocycles. The zero-order chi connectivity index (χ0) is 22.7. The number of benzene rings is 2. The summed E-state index contributed by atoms with van der Waals surface area (Å²) in [4.78, 5) is 18.6. The summed E-state index contributed by atoms with van der Waals surface area (Å²) in [6, 6.07) is 12.9. The van der Waals surface area contributed by atoms with Crippen LogP contribution in [0.1, 0.15) is 6.92 Å². The summed E-state index contributed by atoms with van der Waals surface area (Å²) in [5.74, 6) is 0.476. The van der Waals surface area contributed by atoms with Gasteiger partial charge in [-0.05, 0) is 37.3 Å². The summed E-state index contributed by atoms with van der Waals surface area (Å²) in [6.07, 6.45) is -0.800. The lowest BCUT2D eigenvalue weighted by molar-refractivity contribution is 0.143. The zero-order valence-corrected chi connectivity index (χ0v) is 19.0. The van der Waals surface area contributed by atoms with Crippen LogP contribution in [0.25, 0.3) is 0 Å². The van der Waals surface area contributed by atoms with Crippen LogP contribution in [0, 0.1) is 5.82 Å². The Hall–Kier alpha value is -3.07. The van der Waals surface area contributed by atoms with Gasteiger partial charge in [0.25, 0.3) is 0 Å². The molecular formula is C23H27FN4O3S. The molecule has 0 unspecified atom stereocenters. The number of hydrogen-bond acceptors (Lipinski definition) is 6. The minimum atomic E-state index is -0.474. The Balaban J connectivity index is 1.39. The number of hydrogen-bond donors (Lipinski definition) is 1. The number of nitrogens with one attached hydrogen (secondary N) is 1. The van der Waals surface area contributed by atoms with E-state index < -0.39 is 6.09 Å². The third-order valence-electron chi connectivity index (χ3n) is 5.73. The molecule has 9 heteroatoms. The van der Waals surface area contributed by atoms with Gasteiger partial charge in [-0.2, -0.15) is 0 Å². The smallest absolute Gasteiger partial charge is 0.414 e. The van der Waals surface area contributed by atoms with Crippen LogP contribution in [0.5, 0.6) is 5.75 Å². The van der Waals surface area contributed by atoms with Crippen molar-refractivity contribution in [2.75, 3.05) is 61.1 Å². The van der Waals surface area contributed by atoms with E-state index in [0.717, 1.165) is 24.5 Å². The largest absolute Gasteiger partial charge is 0.497 e. The Morgan fingerprint density at radius 3 is 2.59 bits per heavy atom. The Morgan fingerprint density at radius 2 is 1.91 bits per heavy atom. The second-order valence-corrected chi connectivity index (χ2v) is 8.48. The average Bonchev–Trinajstić information content (AvgIpc) is 3.18. The van der Waals surface area contributed by atoms with Gasteiger partial charge in [-0.1, -0.05) is 18.3 Å². The average molecular weight is 459 g/mol. The van der Waals surface area contributed by atoms with Gasteiger partial charge < -0.3 is 24.6 Å². The van der Waals surface area contributed by atoms with E-state index in [1.165, 1.54) is 11.0 Å². The van der Waals surface area contributed by atoms with E-state index in [-0.39, 0.29) is 11.9 Å². The van der Waals surface area contributed by atoms with Crippen molar-refractivity contribution in [2.24, 2.45) is 0 Å². The molecule has 170 valence electrons. The summed E-state index contributed by atoms with van der Waals surface area (Å²) in [5, 5.41) is 3.00. The van der Waals surface area contributed by atoms with Gasteiger partial charge in [0.15, 0.2) is 0 Å². The van der Waals surface area contributed by atoms with E-state index in [1.54, 1.807) is 26.2 Å². The van der Waals surface area contributed by atoms with Gasteiger partial charge >= 0.3 is 6.09 Å². The number of rotatable bonds is 6.